The van der Waals surface area contributed by atoms with Crippen molar-refractivity contribution >= 4 is 29.7 Å². The van der Waals surface area contributed by atoms with Gasteiger partial charge in [-0.05, 0) is 42.9 Å². The summed E-state index contributed by atoms with van der Waals surface area (Å²) in [6.45, 7) is 3.99. The van der Waals surface area contributed by atoms with Gasteiger partial charge in [-0.1, -0.05) is 26.0 Å². The molecule has 0 spiro atoms. The zero-order chi connectivity index (χ0) is 31.2. The Bertz CT molecular complexity index is 1200. The number of amides is 3. The third kappa shape index (κ3) is 11.8. The first kappa shape index (κ1) is 33.5. The summed E-state index contributed by atoms with van der Waals surface area (Å²) in [4.78, 5) is 62.1. The number of rotatable bonds is 17. The first-order valence-electron chi connectivity index (χ1n) is 13.6. The maximum atomic E-state index is 13.4. The third-order valence-electron chi connectivity index (χ3n) is 6.25. The van der Waals surface area contributed by atoms with E-state index in [1.54, 1.807) is 12.1 Å². The summed E-state index contributed by atoms with van der Waals surface area (Å²) in [6.07, 6.45) is 3.83. The first-order valence-corrected chi connectivity index (χ1v) is 13.6. The van der Waals surface area contributed by atoms with Crippen LogP contribution in [0.2, 0.25) is 0 Å². The van der Waals surface area contributed by atoms with Crippen LogP contribution >= 0.6 is 0 Å². The van der Waals surface area contributed by atoms with Gasteiger partial charge in [0.15, 0.2) is 5.96 Å². The van der Waals surface area contributed by atoms with E-state index in [0.717, 1.165) is 0 Å². The molecule has 0 saturated heterocycles. The number of phenolic OH excluding ortho intramolecular Hbond substituents is 1. The van der Waals surface area contributed by atoms with Crippen molar-refractivity contribution in [1.82, 2.24) is 25.9 Å². The van der Waals surface area contributed by atoms with Crippen LogP contribution in [0.5, 0.6) is 5.75 Å². The van der Waals surface area contributed by atoms with Crippen molar-refractivity contribution in [2.24, 2.45) is 28.1 Å². The summed E-state index contributed by atoms with van der Waals surface area (Å²) in [5.74, 6) is -3.27. The highest BCUT2D eigenvalue weighted by atomic mass is 16.4. The topological polar surface area (TPSA) is 264 Å². The fourth-order valence-corrected chi connectivity index (χ4v) is 4.07. The van der Waals surface area contributed by atoms with E-state index >= 15 is 0 Å². The molecule has 12 N–H and O–H groups in total. The maximum Gasteiger partial charge on any atom is 0.326 e. The minimum atomic E-state index is -1.29. The molecule has 0 saturated carbocycles. The summed E-state index contributed by atoms with van der Waals surface area (Å²) in [5, 5.41) is 27.0. The second-order valence-corrected chi connectivity index (χ2v) is 10.4. The summed E-state index contributed by atoms with van der Waals surface area (Å²) in [6, 6.07) is 1.51. The van der Waals surface area contributed by atoms with E-state index in [0.29, 0.717) is 17.7 Å². The normalized spacial score (nSPS) is 13.8. The van der Waals surface area contributed by atoms with Crippen LogP contribution in [0.3, 0.4) is 0 Å². The van der Waals surface area contributed by atoms with E-state index in [1.165, 1.54) is 24.7 Å². The van der Waals surface area contributed by atoms with Gasteiger partial charge in [0.05, 0.1) is 12.4 Å². The van der Waals surface area contributed by atoms with Gasteiger partial charge in [-0.25, -0.2) is 9.78 Å². The number of nitrogens with two attached hydrogens (primary N) is 3. The number of aliphatic carboxylic acids is 1. The number of aliphatic imine (C=N–C) groups is 1. The number of hydrogen-bond donors (Lipinski definition) is 9. The predicted octanol–water partition coefficient (Wildman–Crippen LogP) is -1.13. The molecular formula is C27H41N9O6. The predicted molar refractivity (Wildman–Crippen MR) is 155 cm³/mol. The molecule has 1 aromatic carbocycles. The average molecular weight is 588 g/mol. The van der Waals surface area contributed by atoms with Crippen LogP contribution in [0.25, 0.3) is 0 Å². The first-order chi connectivity index (χ1) is 19.8. The molecule has 4 atom stereocenters. The lowest BCUT2D eigenvalue weighted by molar-refractivity contribution is -0.142. The molecule has 0 fully saturated rings. The minimum absolute atomic E-state index is 0.0260. The molecule has 2 aromatic rings. The largest absolute Gasteiger partial charge is 0.508 e. The molecule has 3 amide bonds. The van der Waals surface area contributed by atoms with Crippen molar-refractivity contribution < 1.29 is 29.4 Å². The number of aromatic hydroxyl groups is 1. The molecular weight excluding hydrogens is 546 g/mol. The number of phenols is 1. The lowest BCUT2D eigenvalue weighted by Crippen LogP contribution is -2.58. The van der Waals surface area contributed by atoms with Crippen molar-refractivity contribution in [3.63, 3.8) is 0 Å². The SMILES string of the molecule is CC(C)CC(NC(=O)C(Cc1cnc[nH]1)NC(=O)C(N)CCCN=C(N)N)C(=O)NC(Cc1ccc(O)cc1)C(=O)O. The standard InChI is InChI=1S/C27H41N9O6/c1-15(2)10-20(24(39)36-22(26(41)42)11-16-5-7-18(37)8-6-16)35-25(40)21(12-17-13-31-14-33-17)34-23(38)19(28)4-3-9-32-27(29)30/h5-8,13-15,19-22,37H,3-4,9-12,28H2,1-2H3,(H,31,33)(H,34,38)(H,35,40)(H,36,39)(H,41,42)(H4,29,30,32). The summed E-state index contributed by atoms with van der Waals surface area (Å²) in [7, 11) is 0. The number of H-pyrrole nitrogens is 1. The number of carbonyl (C=O) groups excluding carboxylic acids is 3. The van der Waals surface area contributed by atoms with Crippen LogP contribution in [0.15, 0.2) is 41.8 Å². The number of aromatic amines is 1. The molecule has 0 bridgehead atoms. The fourth-order valence-electron chi connectivity index (χ4n) is 4.07. The van der Waals surface area contributed by atoms with Gasteiger partial charge >= 0.3 is 5.97 Å². The lowest BCUT2D eigenvalue weighted by atomic mass is 10.0. The average Bonchev–Trinajstić information content (AvgIpc) is 3.43. The summed E-state index contributed by atoms with van der Waals surface area (Å²) in [5.41, 5.74) is 17.8. The molecule has 0 aliphatic heterocycles. The molecule has 2 rings (SSSR count). The van der Waals surface area contributed by atoms with Gasteiger partial charge in [-0.2, -0.15) is 0 Å². The Labute approximate surface area is 243 Å². The van der Waals surface area contributed by atoms with E-state index in [2.05, 4.69) is 30.9 Å². The van der Waals surface area contributed by atoms with Gasteiger partial charge in [0.25, 0.3) is 0 Å². The Morgan fingerprint density at radius 3 is 2.14 bits per heavy atom. The molecule has 15 heteroatoms. The molecule has 1 aromatic heterocycles. The minimum Gasteiger partial charge on any atom is -0.508 e. The number of aromatic nitrogens is 2. The Balaban J connectivity index is 2.15. The highest BCUT2D eigenvalue weighted by Gasteiger charge is 2.31. The van der Waals surface area contributed by atoms with Crippen LogP contribution < -0.4 is 33.2 Å². The van der Waals surface area contributed by atoms with E-state index in [1.807, 2.05) is 13.8 Å². The summed E-state index contributed by atoms with van der Waals surface area (Å²) >= 11 is 0. The van der Waals surface area contributed by atoms with Crippen LogP contribution in [0.4, 0.5) is 0 Å². The van der Waals surface area contributed by atoms with Crippen LogP contribution in [0, 0.1) is 5.92 Å². The Morgan fingerprint density at radius 1 is 0.952 bits per heavy atom. The Morgan fingerprint density at radius 2 is 1.57 bits per heavy atom. The van der Waals surface area contributed by atoms with Crippen LogP contribution in [-0.4, -0.2) is 80.5 Å². The van der Waals surface area contributed by atoms with Gasteiger partial charge in [0, 0.05) is 31.3 Å². The zero-order valence-corrected chi connectivity index (χ0v) is 23.7. The number of carboxylic acids is 1. The molecule has 4 unspecified atom stereocenters. The third-order valence-corrected chi connectivity index (χ3v) is 6.25. The van der Waals surface area contributed by atoms with Crippen molar-refractivity contribution in [3.05, 3.63) is 48.0 Å². The van der Waals surface area contributed by atoms with E-state index in [4.69, 9.17) is 17.2 Å². The molecule has 1 heterocycles. The second kappa shape index (κ2) is 16.6. The Kier molecular flexibility index (Phi) is 13.2. The van der Waals surface area contributed by atoms with Crippen molar-refractivity contribution in [1.29, 1.82) is 0 Å². The van der Waals surface area contributed by atoms with Gasteiger partial charge in [-0.15, -0.1) is 0 Å². The molecule has 0 radical (unpaired) electrons. The summed E-state index contributed by atoms with van der Waals surface area (Å²) < 4.78 is 0. The molecule has 0 aliphatic carbocycles. The number of hydrogen-bond acceptors (Lipinski definition) is 8. The van der Waals surface area contributed by atoms with E-state index in [9.17, 15) is 29.4 Å². The number of nitrogens with zero attached hydrogens (tertiary/aromatic N) is 2. The fraction of sp³-hybridized carbons (Fsp3) is 0.481. The second-order valence-electron chi connectivity index (χ2n) is 10.4. The van der Waals surface area contributed by atoms with Gasteiger partial charge in [0.2, 0.25) is 17.7 Å². The molecule has 230 valence electrons. The van der Waals surface area contributed by atoms with Crippen molar-refractivity contribution in [2.75, 3.05) is 6.54 Å². The number of nitrogens with one attached hydrogen (secondary N) is 4. The van der Waals surface area contributed by atoms with Crippen molar-refractivity contribution in [2.45, 2.75) is 70.1 Å². The van der Waals surface area contributed by atoms with Crippen LogP contribution in [0.1, 0.15) is 44.4 Å². The maximum absolute atomic E-state index is 13.4. The highest BCUT2D eigenvalue weighted by Crippen LogP contribution is 2.13. The number of guanidine groups is 1. The van der Waals surface area contributed by atoms with Gasteiger partial charge in [-0.3, -0.25) is 19.4 Å². The van der Waals surface area contributed by atoms with Crippen molar-refractivity contribution in [3.8, 4) is 5.75 Å². The van der Waals surface area contributed by atoms with Gasteiger partial charge < -0.3 is 48.3 Å². The Hall–Kier alpha value is -4.66. The number of benzene rings is 1. The van der Waals surface area contributed by atoms with Gasteiger partial charge in [0.1, 0.15) is 23.9 Å². The highest BCUT2D eigenvalue weighted by molar-refractivity contribution is 5.94. The number of imidazole rings is 1. The molecule has 15 nitrogen and oxygen atoms in total. The number of carbonyl (C=O) groups is 4. The quantitative estimate of drug-likeness (QED) is 0.0610. The van der Waals surface area contributed by atoms with Crippen LogP contribution in [-0.2, 0) is 32.0 Å². The lowest BCUT2D eigenvalue weighted by Gasteiger charge is -2.26. The van der Waals surface area contributed by atoms with E-state index in [-0.39, 0.29) is 49.9 Å². The smallest absolute Gasteiger partial charge is 0.326 e. The monoisotopic (exact) mass is 587 g/mol. The molecule has 42 heavy (non-hydrogen) atoms. The number of carboxylic acid groups (broad SMARTS) is 1. The van der Waals surface area contributed by atoms with E-state index < -0.39 is 47.9 Å². The molecule has 0 aliphatic rings. The zero-order valence-electron chi connectivity index (χ0n) is 23.7.